The molecule has 1 atom stereocenters. The molecule has 0 heterocycles. The summed E-state index contributed by atoms with van der Waals surface area (Å²) >= 11 is 0. The quantitative estimate of drug-likeness (QED) is 0.586. The van der Waals surface area contributed by atoms with Crippen molar-refractivity contribution in [2.75, 3.05) is 7.05 Å². The van der Waals surface area contributed by atoms with Gasteiger partial charge in [-0.15, -0.1) is 0 Å². The summed E-state index contributed by atoms with van der Waals surface area (Å²) in [5.74, 6) is -1.35. The van der Waals surface area contributed by atoms with Crippen molar-refractivity contribution in [3.05, 3.63) is 0 Å². The minimum Gasteiger partial charge on any atom is -0.480 e. The molecule has 1 saturated carbocycles. The van der Waals surface area contributed by atoms with Gasteiger partial charge in [0.1, 0.15) is 11.6 Å². The second-order valence-electron chi connectivity index (χ2n) is 4.88. The minimum absolute atomic E-state index is 0.330. The molecule has 0 spiro atoms. The van der Waals surface area contributed by atoms with E-state index in [1.807, 2.05) is 0 Å². The van der Waals surface area contributed by atoms with Gasteiger partial charge in [0, 0.05) is 7.05 Å². The molecule has 1 fully saturated rings. The third kappa shape index (κ3) is 3.84. The van der Waals surface area contributed by atoms with Crippen molar-refractivity contribution in [3.63, 3.8) is 0 Å². The molecular weight excluding hydrogens is 250 g/mol. The van der Waals surface area contributed by atoms with Crippen molar-refractivity contribution >= 4 is 17.9 Å². The smallest absolute Gasteiger partial charge is 0.329 e. The predicted molar refractivity (Wildman–Crippen MR) is 68.6 cm³/mol. The second-order valence-corrected chi connectivity index (χ2v) is 4.88. The largest absolute Gasteiger partial charge is 0.480 e. The Morgan fingerprint density at radius 3 is 2.21 bits per heavy atom. The van der Waals surface area contributed by atoms with Crippen LogP contribution in [0.1, 0.15) is 39.0 Å². The fourth-order valence-corrected chi connectivity index (χ4v) is 2.28. The van der Waals surface area contributed by atoms with Gasteiger partial charge in [0.25, 0.3) is 0 Å². The molecule has 3 amide bonds. The van der Waals surface area contributed by atoms with Gasteiger partial charge in [-0.2, -0.15) is 0 Å². The summed E-state index contributed by atoms with van der Waals surface area (Å²) in [6.07, 6.45) is 3.37. The van der Waals surface area contributed by atoms with Crippen molar-refractivity contribution in [1.29, 1.82) is 0 Å². The molecule has 4 N–H and O–H groups in total. The number of hydrogen-bond acceptors (Lipinski definition) is 3. The molecule has 0 aromatic heterocycles. The highest BCUT2D eigenvalue weighted by Crippen LogP contribution is 2.28. The van der Waals surface area contributed by atoms with Gasteiger partial charge in [0.05, 0.1) is 0 Å². The second kappa shape index (κ2) is 6.40. The molecule has 1 aliphatic rings. The molecule has 0 aliphatic heterocycles. The third-order valence-corrected chi connectivity index (χ3v) is 3.46. The number of urea groups is 1. The van der Waals surface area contributed by atoms with Crippen LogP contribution in [0.5, 0.6) is 0 Å². The van der Waals surface area contributed by atoms with Crippen LogP contribution >= 0.6 is 0 Å². The SMILES string of the molecule is CNC(=O)C(C)NC(=O)NC1(C(=O)O)CCCCC1. The van der Waals surface area contributed by atoms with Crippen molar-refractivity contribution in [1.82, 2.24) is 16.0 Å². The third-order valence-electron chi connectivity index (χ3n) is 3.46. The molecule has 0 aromatic rings. The molecule has 7 heteroatoms. The topological polar surface area (TPSA) is 108 Å². The Hall–Kier alpha value is -1.79. The number of rotatable bonds is 4. The van der Waals surface area contributed by atoms with Crippen LogP contribution in [0.2, 0.25) is 0 Å². The Kier molecular flexibility index (Phi) is 5.14. The van der Waals surface area contributed by atoms with Crippen LogP contribution in [-0.4, -0.2) is 41.6 Å². The Morgan fingerprint density at radius 1 is 1.16 bits per heavy atom. The van der Waals surface area contributed by atoms with Crippen molar-refractivity contribution in [3.8, 4) is 0 Å². The van der Waals surface area contributed by atoms with E-state index in [0.717, 1.165) is 19.3 Å². The van der Waals surface area contributed by atoms with E-state index in [9.17, 15) is 19.5 Å². The fraction of sp³-hybridized carbons (Fsp3) is 0.750. The van der Waals surface area contributed by atoms with Crippen LogP contribution in [0.4, 0.5) is 4.79 Å². The number of carbonyl (C=O) groups excluding carboxylic acids is 2. The molecule has 0 bridgehead atoms. The van der Waals surface area contributed by atoms with E-state index in [0.29, 0.717) is 12.8 Å². The fourth-order valence-electron chi connectivity index (χ4n) is 2.28. The monoisotopic (exact) mass is 271 g/mol. The maximum Gasteiger partial charge on any atom is 0.329 e. The van der Waals surface area contributed by atoms with E-state index in [1.54, 1.807) is 0 Å². The summed E-state index contributed by atoms with van der Waals surface area (Å²) in [4.78, 5) is 34.4. The first-order valence-corrected chi connectivity index (χ1v) is 6.45. The lowest BCUT2D eigenvalue weighted by Gasteiger charge is -2.34. The number of carbonyl (C=O) groups is 3. The van der Waals surface area contributed by atoms with Gasteiger partial charge in [0.2, 0.25) is 5.91 Å². The number of carboxylic acids is 1. The molecule has 19 heavy (non-hydrogen) atoms. The predicted octanol–water partition coefficient (Wildman–Crippen LogP) is 0.208. The van der Waals surface area contributed by atoms with Crippen molar-refractivity contribution in [2.24, 2.45) is 0 Å². The number of nitrogens with one attached hydrogen (secondary N) is 3. The number of amides is 3. The van der Waals surface area contributed by atoms with Crippen LogP contribution in [0.15, 0.2) is 0 Å². The highest BCUT2D eigenvalue weighted by molar-refractivity contribution is 5.90. The maximum absolute atomic E-state index is 11.8. The van der Waals surface area contributed by atoms with E-state index < -0.39 is 23.6 Å². The molecule has 0 aromatic carbocycles. The number of likely N-dealkylation sites (N-methyl/N-ethyl adjacent to an activating group) is 1. The molecule has 108 valence electrons. The van der Waals surface area contributed by atoms with Crippen molar-refractivity contribution < 1.29 is 19.5 Å². The first kappa shape index (κ1) is 15.3. The number of hydrogen-bond donors (Lipinski definition) is 4. The first-order valence-electron chi connectivity index (χ1n) is 6.45. The zero-order valence-electron chi connectivity index (χ0n) is 11.3. The molecule has 0 radical (unpaired) electrons. The highest BCUT2D eigenvalue weighted by atomic mass is 16.4. The molecule has 1 unspecified atom stereocenters. The van der Waals surface area contributed by atoms with Crippen molar-refractivity contribution in [2.45, 2.75) is 50.6 Å². The zero-order chi connectivity index (χ0) is 14.5. The lowest BCUT2D eigenvalue weighted by atomic mass is 9.82. The van der Waals surface area contributed by atoms with Gasteiger partial charge >= 0.3 is 12.0 Å². The van der Waals surface area contributed by atoms with E-state index >= 15 is 0 Å². The van der Waals surface area contributed by atoms with E-state index in [1.165, 1.54) is 14.0 Å². The average Bonchev–Trinajstić information content (AvgIpc) is 2.38. The molecular formula is C12H21N3O4. The minimum atomic E-state index is -1.20. The zero-order valence-corrected chi connectivity index (χ0v) is 11.3. The Balaban J connectivity index is 2.62. The van der Waals surface area contributed by atoms with Crippen LogP contribution in [0.3, 0.4) is 0 Å². The summed E-state index contributed by atoms with van der Waals surface area (Å²) in [7, 11) is 1.47. The molecule has 0 saturated heterocycles. The lowest BCUT2D eigenvalue weighted by Crippen LogP contribution is -2.60. The summed E-state index contributed by atoms with van der Waals surface area (Å²) < 4.78 is 0. The Labute approximate surface area is 112 Å². The Morgan fingerprint density at radius 2 is 1.74 bits per heavy atom. The van der Waals surface area contributed by atoms with E-state index in [2.05, 4.69) is 16.0 Å². The molecule has 1 aliphatic carbocycles. The average molecular weight is 271 g/mol. The standard InChI is InChI=1S/C12H21N3O4/c1-8(9(16)13-2)14-11(19)15-12(10(17)18)6-4-3-5-7-12/h8H,3-7H2,1-2H3,(H,13,16)(H,17,18)(H2,14,15,19). The van der Waals surface area contributed by atoms with Gasteiger partial charge in [-0.25, -0.2) is 9.59 Å². The maximum atomic E-state index is 11.8. The summed E-state index contributed by atoms with van der Waals surface area (Å²) in [5.41, 5.74) is -1.20. The van der Waals surface area contributed by atoms with Gasteiger partial charge in [0.15, 0.2) is 0 Å². The van der Waals surface area contributed by atoms with Crippen LogP contribution < -0.4 is 16.0 Å². The van der Waals surface area contributed by atoms with Gasteiger partial charge in [-0.3, -0.25) is 4.79 Å². The van der Waals surface area contributed by atoms with E-state index in [-0.39, 0.29) is 5.91 Å². The van der Waals surface area contributed by atoms with E-state index in [4.69, 9.17) is 0 Å². The van der Waals surface area contributed by atoms with Gasteiger partial charge < -0.3 is 21.1 Å². The molecule has 7 nitrogen and oxygen atoms in total. The first-order chi connectivity index (χ1) is 8.91. The van der Waals surface area contributed by atoms with Gasteiger partial charge in [-0.05, 0) is 19.8 Å². The highest BCUT2D eigenvalue weighted by Gasteiger charge is 2.41. The van der Waals surface area contributed by atoms with Crippen LogP contribution in [-0.2, 0) is 9.59 Å². The van der Waals surface area contributed by atoms with Crippen LogP contribution in [0.25, 0.3) is 0 Å². The summed E-state index contributed by atoms with van der Waals surface area (Å²) in [5, 5.41) is 16.7. The van der Waals surface area contributed by atoms with Crippen LogP contribution in [0, 0.1) is 0 Å². The molecule has 1 rings (SSSR count). The number of aliphatic carboxylic acids is 1. The summed E-state index contributed by atoms with van der Waals surface area (Å²) in [6, 6.07) is -1.33. The summed E-state index contributed by atoms with van der Waals surface area (Å²) in [6.45, 7) is 1.53. The Bertz CT molecular complexity index is 364. The van der Waals surface area contributed by atoms with Gasteiger partial charge in [-0.1, -0.05) is 19.3 Å². The number of carboxylic acid groups (broad SMARTS) is 1. The lowest BCUT2D eigenvalue weighted by molar-refractivity contribution is -0.145. The normalized spacial score (nSPS) is 19.1.